The molecule has 3 aromatic heterocycles. The van der Waals surface area contributed by atoms with Crippen LogP contribution in [0.1, 0.15) is 17.2 Å². The topological polar surface area (TPSA) is 48.5 Å². The van der Waals surface area contributed by atoms with Crippen LogP contribution >= 0.6 is 11.6 Å². The van der Waals surface area contributed by atoms with E-state index < -0.39 is 0 Å². The van der Waals surface area contributed by atoms with Crippen molar-refractivity contribution >= 4 is 22.8 Å². The highest BCUT2D eigenvalue weighted by Gasteiger charge is 2.14. The van der Waals surface area contributed by atoms with Crippen LogP contribution in [0.25, 0.3) is 11.2 Å². The number of pyridine rings is 1. The molecule has 3 aromatic rings. The molecule has 0 N–H and O–H groups in total. The highest BCUT2D eigenvalue weighted by atomic mass is 35.5. The van der Waals surface area contributed by atoms with Crippen molar-refractivity contribution in [3.8, 4) is 0 Å². The van der Waals surface area contributed by atoms with Crippen molar-refractivity contribution in [2.75, 3.05) is 5.88 Å². The van der Waals surface area contributed by atoms with Gasteiger partial charge >= 0.3 is 0 Å². The quantitative estimate of drug-likeness (QED) is 0.693. The Labute approximate surface area is 122 Å². The van der Waals surface area contributed by atoms with Gasteiger partial charge in [-0.25, -0.2) is 15.0 Å². The summed E-state index contributed by atoms with van der Waals surface area (Å²) >= 11 is 5.89. The number of rotatable bonds is 4. The van der Waals surface area contributed by atoms with Gasteiger partial charge in [0.1, 0.15) is 17.2 Å². The van der Waals surface area contributed by atoms with Crippen LogP contribution in [0.15, 0.2) is 24.7 Å². The monoisotopic (exact) mass is 289 g/mol. The van der Waals surface area contributed by atoms with Crippen molar-refractivity contribution in [1.82, 2.24) is 24.1 Å². The van der Waals surface area contributed by atoms with E-state index in [1.165, 1.54) is 0 Å². The molecule has 0 aliphatic rings. The highest BCUT2D eigenvalue weighted by molar-refractivity contribution is 6.17. The predicted molar refractivity (Wildman–Crippen MR) is 79.0 cm³/mol. The first-order valence-electron chi connectivity index (χ1n) is 6.53. The van der Waals surface area contributed by atoms with Gasteiger partial charge in [0.05, 0.1) is 6.54 Å². The second-order valence-corrected chi connectivity index (χ2v) is 5.19. The van der Waals surface area contributed by atoms with Crippen molar-refractivity contribution in [2.45, 2.75) is 19.9 Å². The van der Waals surface area contributed by atoms with Gasteiger partial charge < -0.3 is 9.13 Å². The maximum atomic E-state index is 5.89. The highest BCUT2D eigenvalue weighted by Crippen LogP contribution is 2.19. The van der Waals surface area contributed by atoms with E-state index in [0.29, 0.717) is 12.4 Å². The van der Waals surface area contributed by atoms with E-state index in [1.807, 2.05) is 37.0 Å². The smallest absolute Gasteiger partial charge is 0.160 e. The molecule has 0 aliphatic heterocycles. The van der Waals surface area contributed by atoms with Crippen molar-refractivity contribution in [1.29, 1.82) is 0 Å². The van der Waals surface area contributed by atoms with E-state index in [9.17, 15) is 0 Å². The summed E-state index contributed by atoms with van der Waals surface area (Å²) in [4.78, 5) is 13.5. The van der Waals surface area contributed by atoms with Gasteiger partial charge in [0.15, 0.2) is 5.65 Å². The molecule has 0 aliphatic carbocycles. The molecule has 0 unspecified atom stereocenters. The zero-order valence-electron chi connectivity index (χ0n) is 11.5. The van der Waals surface area contributed by atoms with E-state index >= 15 is 0 Å². The van der Waals surface area contributed by atoms with Gasteiger partial charge in [-0.15, -0.1) is 11.6 Å². The maximum absolute atomic E-state index is 5.89. The van der Waals surface area contributed by atoms with Crippen molar-refractivity contribution in [2.24, 2.45) is 7.05 Å². The molecule has 20 heavy (non-hydrogen) atoms. The SMILES string of the molecule is Cc1ccnc2c1nc(CCCl)n2Cc1nccn1C. The number of alkyl halides is 1. The summed E-state index contributed by atoms with van der Waals surface area (Å²) in [6.07, 6.45) is 6.28. The Hall–Kier alpha value is -1.88. The second kappa shape index (κ2) is 5.25. The molecule has 0 amide bonds. The average molecular weight is 290 g/mol. The Bertz CT molecular complexity index is 743. The third-order valence-electron chi connectivity index (χ3n) is 3.45. The number of aromatic nitrogens is 5. The number of aryl methyl sites for hydroxylation is 3. The summed E-state index contributed by atoms with van der Waals surface area (Å²) in [5.41, 5.74) is 2.97. The van der Waals surface area contributed by atoms with Gasteiger partial charge in [0, 0.05) is 37.9 Å². The third kappa shape index (κ3) is 2.18. The molecule has 0 atom stereocenters. The van der Waals surface area contributed by atoms with E-state index in [0.717, 1.165) is 34.8 Å². The fourth-order valence-electron chi connectivity index (χ4n) is 2.32. The van der Waals surface area contributed by atoms with Crippen LogP contribution in [-0.4, -0.2) is 30.0 Å². The second-order valence-electron chi connectivity index (χ2n) is 4.81. The standard InChI is InChI=1S/C14H16ClN5/c1-10-4-6-17-14-13(10)18-11(3-5-15)20(14)9-12-16-7-8-19(12)2/h4,6-8H,3,5,9H2,1-2H3. The van der Waals surface area contributed by atoms with Crippen LogP contribution in [0.3, 0.4) is 0 Å². The molecule has 0 aromatic carbocycles. The lowest BCUT2D eigenvalue weighted by atomic mass is 10.3. The summed E-state index contributed by atoms with van der Waals surface area (Å²) < 4.78 is 4.11. The van der Waals surface area contributed by atoms with Crippen LogP contribution in [-0.2, 0) is 20.0 Å². The molecular weight excluding hydrogens is 274 g/mol. The number of nitrogens with zero attached hydrogens (tertiary/aromatic N) is 5. The first kappa shape index (κ1) is 13.1. The van der Waals surface area contributed by atoms with Gasteiger partial charge in [0.2, 0.25) is 0 Å². The number of hydrogen-bond acceptors (Lipinski definition) is 3. The average Bonchev–Trinajstić information content (AvgIpc) is 2.98. The lowest BCUT2D eigenvalue weighted by molar-refractivity contribution is 0.678. The van der Waals surface area contributed by atoms with E-state index in [1.54, 1.807) is 6.20 Å². The zero-order valence-corrected chi connectivity index (χ0v) is 12.3. The largest absolute Gasteiger partial charge is 0.337 e. The Morgan fingerprint density at radius 3 is 2.75 bits per heavy atom. The Morgan fingerprint density at radius 2 is 2.05 bits per heavy atom. The molecule has 104 valence electrons. The Balaban J connectivity index is 2.14. The van der Waals surface area contributed by atoms with Crippen LogP contribution < -0.4 is 0 Å². The van der Waals surface area contributed by atoms with Crippen LogP contribution in [0.4, 0.5) is 0 Å². The molecular formula is C14H16ClN5. The summed E-state index contributed by atoms with van der Waals surface area (Å²) in [6, 6.07) is 1.98. The molecule has 5 nitrogen and oxygen atoms in total. The van der Waals surface area contributed by atoms with Gasteiger partial charge in [0.25, 0.3) is 0 Å². The predicted octanol–water partition coefficient (Wildman–Crippen LogP) is 2.30. The summed E-state index contributed by atoms with van der Waals surface area (Å²) in [7, 11) is 1.99. The fourth-order valence-corrected chi connectivity index (χ4v) is 2.48. The molecule has 0 saturated carbocycles. The summed E-state index contributed by atoms with van der Waals surface area (Å²) in [5, 5.41) is 0. The molecule has 0 spiro atoms. The number of fused-ring (bicyclic) bond motifs is 1. The molecule has 0 fully saturated rings. The minimum Gasteiger partial charge on any atom is -0.337 e. The van der Waals surface area contributed by atoms with Crippen molar-refractivity contribution in [3.05, 3.63) is 41.9 Å². The van der Waals surface area contributed by atoms with Gasteiger partial charge in [-0.05, 0) is 18.6 Å². The minimum atomic E-state index is 0.545. The molecule has 3 rings (SSSR count). The van der Waals surface area contributed by atoms with E-state index in [2.05, 4.69) is 14.5 Å². The molecule has 0 radical (unpaired) electrons. The fraction of sp³-hybridized carbons (Fsp3) is 0.357. The lowest BCUT2D eigenvalue weighted by Gasteiger charge is -2.08. The van der Waals surface area contributed by atoms with Crippen molar-refractivity contribution in [3.63, 3.8) is 0 Å². The maximum Gasteiger partial charge on any atom is 0.160 e. The first-order valence-corrected chi connectivity index (χ1v) is 7.07. The van der Waals surface area contributed by atoms with Crippen LogP contribution in [0.5, 0.6) is 0 Å². The number of imidazole rings is 2. The molecule has 6 heteroatoms. The van der Waals surface area contributed by atoms with E-state index in [-0.39, 0.29) is 0 Å². The van der Waals surface area contributed by atoms with Gasteiger partial charge in [-0.1, -0.05) is 0 Å². The van der Waals surface area contributed by atoms with Gasteiger partial charge in [-0.2, -0.15) is 0 Å². The minimum absolute atomic E-state index is 0.545. The number of halogens is 1. The van der Waals surface area contributed by atoms with Crippen LogP contribution in [0, 0.1) is 6.92 Å². The third-order valence-corrected chi connectivity index (χ3v) is 3.64. The molecule has 0 saturated heterocycles. The summed E-state index contributed by atoms with van der Waals surface area (Å²) in [5.74, 6) is 2.48. The van der Waals surface area contributed by atoms with Crippen LogP contribution in [0.2, 0.25) is 0 Å². The molecule has 0 bridgehead atoms. The lowest BCUT2D eigenvalue weighted by Crippen LogP contribution is -2.10. The van der Waals surface area contributed by atoms with Crippen molar-refractivity contribution < 1.29 is 0 Å². The Kier molecular flexibility index (Phi) is 3.44. The van der Waals surface area contributed by atoms with Gasteiger partial charge in [-0.3, -0.25) is 0 Å². The first-order chi connectivity index (χ1) is 9.70. The Morgan fingerprint density at radius 1 is 1.20 bits per heavy atom. The normalized spacial score (nSPS) is 11.3. The number of hydrogen-bond donors (Lipinski definition) is 0. The zero-order chi connectivity index (χ0) is 14.1. The molecule has 3 heterocycles. The van der Waals surface area contributed by atoms with E-state index in [4.69, 9.17) is 16.6 Å². The summed E-state index contributed by atoms with van der Waals surface area (Å²) in [6.45, 7) is 2.70.